The Kier molecular flexibility index (Phi) is 7.89. The van der Waals surface area contributed by atoms with Crippen LogP contribution >= 0.6 is 23.2 Å². The van der Waals surface area contributed by atoms with Crippen LogP contribution < -0.4 is 10.1 Å². The molecule has 4 aromatic rings. The third-order valence-electron chi connectivity index (χ3n) is 5.69. The minimum absolute atomic E-state index is 0.0843. The van der Waals surface area contributed by atoms with Crippen molar-refractivity contribution in [2.24, 2.45) is 10.2 Å². The van der Waals surface area contributed by atoms with Gasteiger partial charge in [0.1, 0.15) is 22.0 Å². The van der Waals surface area contributed by atoms with Gasteiger partial charge in [-0.25, -0.2) is 0 Å². The van der Waals surface area contributed by atoms with Crippen LogP contribution in [0.3, 0.4) is 0 Å². The largest absolute Gasteiger partial charge is 0.505 e. The van der Waals surface area contributed by atoms with Crippen molar-refractivity contribution in [3.63, 3.8) is 0 Å². The number of hydrogen-bond donors (Lipinski definition) is 3. The van der Waals surface area contributed by atoms with E-state index in [1.165, 1.54) is 31.4 Å². The highest BCUT2D eigenvalue weighted by Crippen LogP contribution is 2.41. The molecule has 0 aliphatic carbocycles. The molecule has 1 amide bonds. The molecule has 0 spiro atoms. The van der Waals surface area contributed by atoms with Gasteiger partial charge in [-0.1, -0.05) is 54.4 Å². The number of aryl methyl sites for hydroxylation is 1. The van der Waals surface area contributed by atoms with Crippen LogP contribution in [0.25, 0.3) is 10.8 Å². The number of methoxy groups -OCH3 is 1. The number of carbonyl (C=O) groups is 1. The number of phenols is 1. The number of hydrogen-bond acceptors (Lipinski definition) is 7. The molecule has 38 heavy (non-hydrogen) atoms. The standard InChI is InChI=1S/C26H21Cl2N3O6S/c1-3-14-11-23(38(34,35)36)21(13-20(14)28)30-31-24-17-7-5-4-6-15(17)10-18(25(24)32)26(33)29-16-8-9-19(27)22(12-16)37-2/h4-13,32H,3H2,1-2H3,(H,29,33)(H,34,35,36). The first-order valence-electron chi connectivity index (χ1n) is 11.1. The molecular formula is C26H21Cl2N3O6S. The normalized spacial score (nSPS) is 11.7. The molecule has 0 bridgehead atoms. The summed E-state index contributed by atoms with van der Waals surface area (Å²) in [5, 5.41) is 23.4. The number of halogens is 2. The lowest BCUT2D eigenvalue weighted by Gasteiger charge is -2.12. The van der Waals surface area contributed by atoms with E-state index >= 15 is 0 Å². The first-order valence-corrected chi connectivity index (χ1v) is 13.3. The molecule has 4 aromatic carbocycles. The number of ether oxygens (including phenoxy) is 1. The zero-order valence-electron chi connectivity index (χ0n) is 20.1. The predicted octanol–water partition coefficient (Wildman–Crippen LogP) is 7.34. The highest BCUT2D eigenvalue weighted by molar-refractivity contribution is 7.86. The van der Waals surface area contributed by atoms with Crippen LogP contribution in [0.15, 0.2) is 75.8 Å². The minimum Gasteiger partial charge on any atom is -0.505 e. The quantitative estimate of drug-likeness (QED) is 0.156. The Morgan fingerprint density at radius 2 is 1.76 bits per heavy atom. The number of nitrogens with one attached hydrogen (secondary N) is 1. The highest BCUT2D eigenvalue weighted by Gasteiger charge is 2.21. The number of nitrogens with zero attached hydrogens (tertiary/aromatic N) is 2. The molecule has 0 unspecified atom stereocenters. The number of azo groups is 1. The maximum Gasteiger partial charge on any atom is 0.296 e. The number of phenolic OH excluding ortho intramolecular Hbond substituents is 1. The average Bonchev–Trinajstić information content (AvgIpc) is 2.88. The maximum atomic E-state index is 13.1. The van der Waals surface area contributed by atoms with Gasteiger partial charge in [0.15, 0.2) is 5.75 Å². The average molecular weight is 574 g/mol. The Morgan fingerprint density at radius 3 is 2.45 bits per heavy atom. The van der Waals surface area contributed by atoms with E-state index in [0.717, 1.165) is 0 Å². The molecule has 0 aliphatic heterocycles. The second kappa shape index (κ2) is 11.0. The van der Waals surface area contributed by atoms with Crippen molar-refractivity contribution in [1.29, 1.82) is 0 Å². The molecule has 0 aliphatic rings. The van der Waals surface area contributed by atoms with Crippen LogP contribution in [0.2, 0.25) is 10.0 Å². The predicted molar refractivity (Wildman–Crippen MR) is 146 cm³/mol. The summed E-state index contributed by atoms with van der Waals surface area (Å²) in [5.74, 6) is -0.789. The van der Waals surface area contributed by atoms with Crippen molar-refractivity contribution in [1.82, 2.24) is 0 Å². The topological polar surface area (TPSA) is 138 Å². The highest BCUT2D eigenvalue weighted by atomic mass is 35.5. The first kappa shape index (κ1) is 27.3. The van der Waals surface area contributed by atoms with Gasteiger partial charge in [0.05, 0.1) is 17.7 Å². The van der Waals surface area contributed by atoms with Crippen LogP contribution in [-0.4, -0.2) is 31.1 Å². The number of aromatic hydroxyl groups is 1. The van der Waals surface area contributed by atoms with Crippen molar-refractivity contribution < 1.29 is 27.6 Å². The van der Waals surface area contributed by atoms with E-state index in [1.54, 1.807) is 43.3 Å². The van der Waals surface area contributed by atoms with Crippen LogP contribution in [0, 0.1) is 0 Å². The van der Waals surface area contributed by atoms with Gasteiger partial charge in [0.25, 0.3) is 16.0 Å². The van der Waals surface area contributed by atoms with Crippen molar-refractivity contribution >= 4 is 67.1 Å². The number of fused-ring (bicyclic) bond motifs is 1. The third kappa shape index (κ3) is 5.58. The second-order valence-electron chi connectivity index (χ2n) is 8.09. The van der Waals surface area contributed by atoms with Crippen molar-refractivity contribution in [2.45, 2.75) is 18.2 Å². The van der Waals surface area contributed by atoms with Crippen LogP contribution in [0.5, 0.6) is 11.5 Å². The van der Waals surface area contributed by atoms with Gasteiger partial charge in [-0.15, -0.1) is 10.2 Å². The molecule has 0 heterocycles. The molecular weight excluding hydrogens is 553 g/mol. The maximum absolute atomic E-state index is 13.1. The fourth-order valence-electron chi connectivity index (χ4n) is 3.77. The lowest BCUT2D eigenvalue weighted by atomic mass is 10.0. The Labute approximate surface area is 228 Å². The smallest absolute Gasteiger partial charge is 0.296 e. The van der Waals surface area contributed by atoms with Crippen LogP contribution in [0.1, 0.15) is 22.8 Å². The summed E-state index contributed by atoms with van der Waals surface area (Å²) < 4.78 is 38.9. The SMILES string of the molecule is CCc1cc(S(=O)(=O)O)c(N=Nc2c(O)c(C(=O)Nc3ccc(Cl)c(OC)c3)cc3ccccc23)cc1Cl. The fourth-order valence-corrected chi connectivity index (χ4v) is 4.91. The third-order valence-corrected chi connectivity index (χ3v) is 7.24. The zero-order valence-corrected chi connectivity index (χ0v) is 22.4. The van der Waals surface area contributed by atoms with Gasteiger partial charge in [-0.2, -0.15) is 8.42 Å². The number of benzene rings is 4. The molecule has 0 fully saturated rings. The molecule has 4 rings (SSSR count). The Hall–Kier alpha value is -3.70. The van der Waals surface area contributed by atoms with Crippen molar-refractivity contribution in [3.05, 3.63) is 81.8 Å². The van der Waals surface area contributed by atoms with E-state index in [2.05, 4.69) is 15.5 Å². The van der Waals surface area contributed by atoms with Gasteiger partial charge < -0.3 is 15.2 Å². The summed E-state index contributed by atoms with van der Waals surface area (Å²) in [7, 11) is -3.22. The molecule has 0 saturated heterocycles. The summed E-state index contributed by atoms with van der Waals surface area (Å²) >= 11 is 12.3. The van der Waals surface area contributed by atoms with E-state index in [9.17, 15) is 22.9 Å². The molecule has 12 heteroatoms. The lowest BCUT2D eigenvalue weighted by Crippen LogP contribution is -2.12. The summed E-state index contributed by atoms with van der Waals surface area (Å²) in [4.78, 5) is 12.7. The zero-order chi connectivity index (χ0) is 27.6. The Bertz CT molecular complexity index is 1710. The molecule has 196 valence electrons. The number of amides is 1. The Balaban J connectivity index is 1.82. The van der Waals surface area contributed by atoms with Gasteiger partial charge in [-0.05, 0) is 47.7 Å². The summed E-state index contributed by atoms with van der Waals surface area (Å²) in [6, 6.07) is 15.4. The van der Waals surface area contributed by atoms with Crippen molar-refractivity contribution in [2.75, 3.05) is 12.4 Å². The Morgan fingerprint density at radius 1 is 1.03 bits per heavy atom. The second-order valence-corrected chi connectivity index (χ2v) is 10.3. The molecule has 0 radical (unpaired) electrons. The number of anilines is 1. The number of carbonyl (C=O) groups excluding carboxylic acids is 1. The summed E-state index contributed by atoms with van der Waals surface area (Å²) in [5.41, 5.74) is 0.431. The van der Waals surface area contributed by atoms with Crippen LogP contribution in [-0.2, 0) is 16.5 Å². The molecule has 3 N–H and O–H groups in total. The molecule has 0 saturated carbocycles. The van der Waals surface area contributed by atoms with Crippen molar-refractivity contribution in [3.8, 4) is 11.5 Å². The van der Waals surface area contributed by atoms with Gasteiger partial charge >= 0.3 is 0 Å². The van der Waals surface area contributed by atoms with E-state index in [0.29, 0.717) is 39.2 Å². The van der Waals surface area contributed by atoms with E-state index in [-0.39, 0.29) is 22.0 Å². The summed E-state index contributed by atoms with van der Waals surface area (Å²) in [6.07, 6.45) is 0.418. The number of rotatable bonds is 7. The summed E-state index contributed by atoms with van der Waals surface area (Å²) in [6.45, 7) is 1.77. The van der Waals surface area contributed by atoms with Gasteiger partial charge in [0.2, 0.25) is 0 Å². The fraction of sp³-hybridized carbons (Fsp3) is 0.115. The van der Waals surface area contributed by atoms with Gasteiger partial charge in [-0.3, -0.25) is 9.35 Å². The van der Waals surface area contributed by atoms with E-state index < -0.39 is 26.7 Å². The minimum atomic E-state index is -4.66. The molecule has 0 aromatic heterocycles. The molecule has 9 nitrogen and oxygen atoms in total. The first-order chi connectivity index (χ1) is 18.0. The van der Waals surface area contributed by atoms with E-state index in [1.807, 2.05) is 0 Å². The monoisotopic (exact) mass is 573 g/mol. The lowest BCUT2D eigenvalue weighted by molar-refractivity contribution is 0.102. The molecule has 0 atom stereocenters. The van der Waals surface area contributed by atoms with Crippen LogP contribution in [0.4, 0.5) is 17.1 Å². The van der Waals surface area contributed by atoms with E-state index in [4.69, 9.17) is 27.9 Å². The van der Waals surface area contributed by atoms with Gasteiger partial charge in [0, 0.05) is 22.2 Å².